The number of rotatable bonds is 8. The Kier molecular flexibility index (Phi) is 8.22. The minimum absolute atomic E-state index is 0.0316. The predicted molar refractivity (Wildman–Crippen MR) is 142 cm³/mol. The van der Waals surface area contributed by atoms with Crippen molar-refractivity contribution < 1.29 is 37.8 Å². The molecule has 0 bridgehead atoms. The van der Waals surface area contributed by atoms with Crippen LogP contribution in [0.25, 0.3) is 5.69 Å². The fourth-order valence-corrected chi connectivity index (χ4v) is 3.64. The number of amides is 4. The number of ether oxygens (including phenoxy) is 1. The first-order valence-electron chi connectivity index (χ1n) is 11.8. The van der Waals surface area contributed by atoms with Crippen molar-refractivity contribution in [3.8, 4) is 11.4 Å². The molecule has 0 atom stereocenters. The number of methoxy groups -OCH3 is 1. The summed E-state index contributed by atoms with van der Waals surface area (Å²) in [6.45, 7) is 0. The van der Waals surface area contributed by atoms with Crippen LogP contribution < -0.4 is 26.2 Å². The molecule has 4 amide bonds. The van der Waals surface area contributed by atoms with Crippen LogP contribution in [0.4, 0.5) is 25.0 Å². The number of halogens is 2. The van der Waals surface area contributed by atoms with E-state index in [-0.39, 0.29) is 22.6 Å². The first-order chi connectivity index (χ1) is 19.6. The number of hydrogen-bond donors (Lipinski definition) is 5. The maximum atomic E-state index is 14.8. The first-order valence-corrected chi connectivity index (χ1v) is 11.8. The summed E-state index contributed by atoms with van der Waals surface area (Å²) >= 11 is 0. The van der Waals surface area contributed by atoms with Crippen LogP contribution in [0, 0.1) is 0 Å². The minimum atomic E-state index is -4.03. The van der Waals surface area contributed by atoms with E-state index in [4.69, 9.17) is 9.84 Å². The first kappa shape index (κ1) is 28.2. The van der Waals surface area contributed by atoms with Crippen LogP contribution in [-0.4, -0.2) is 45.8 Å². The van der Waals surface area contributed by atoms with Gasteiger partial charge in [0.1, 0.15) is 5.75 Å². The summed E-state index contributed by atoms with van der Waals surface area (Å²) in [5, 5.41) is 17.7. The lowest BCUT2D eigenvalue weighted by Gasteiger charge is -2.17. The van der Waals surface area contributed by atoms with E-state index in [0.717, 1.165) is 24.3 Å². The van der Waals surface area contributed by atoms with Crippen molar-refractivity contribution >= 4 is 35.2 Å². The topological polar surface area (TPSA) is 164 Å². The number of para-hydroxylation sites is 1. The smallest absolute Gasteiger partial charge is 0.409 e. The SMILES string of the molecule is COc1ccccc1C(=O)NNC(=O)C(F)(F)c1ccc(C(=O)Nc2cccc(-n3cc(NC(=O)O)cn3)c2)cc1. The summed E-state index contributed by atoms with van der Waals surface area (Å²) in [5.74, 6) is -7.09. The molecular formula is C27H22F2N6O6. The Hall–Kier alpha value is -5.79. The molecule has 14 heteroatoms. The standard InChI is InChI=1S/C27H22F2N6O6/c1-41-22-8-3-2-7-21(22)24(37)33-34-25(38)27(28,29)17-11-9-16(10-12-17)23(36)31-18-5-4-6-20(13-18)35-15-19(14-30-35)32-26(39)40/h2-15,32H,1H3,(H,31,36)(H,33,37)(H,34,38)(H,39,40). The number of nitrogens with zero attached hydrogens (tertiary/aromatic N) is 2. The summed E-state index contributed by atoms with van der Waals surface area (Å²) in [6, 6.07) is 16.6. The Labute approximate surface area is 230 Å². The summed E-state index contributed by atoms with van der Waals surface area (Å²) in [7, 11) is 1.33. The molecule has 210 valence electrons. The molecule has 4 aromatic rings. The molecule has 0 unspecified atom stereocenters. The molecule has 41 heavy (non-hydrogen) atoms. The summed E-state index contributed by atoms with van der Waals surface area (Å²) < 4.78 is 36.0. The highest BCUT2D eigenvalue weighted by molar-refractivity contribution is 6.04. The third-order valence-electron chi connectivity index (χ3n) is 5.64. The van der Waals surface area contributed by atoms with E-state index in [9.17, 15) is 28.0 Å². The average molecular weight is 565 g/mol. The highest BCUT2D eigenvalue weighted by Crippen LogP contribution is 2.28. The normalized spacial score (nSPS) is 10.8. The second-order valence-electron chi connectivity index (χ2n) is 8.37. The number of carbonyl (C=O) groups is 4. The summed E-state index contributed by atoms with van der Waals surface area (Å²) in [6.07, 6.45) is 1.50. The number of carboxylic acid groups (broad SMARTS) is 1. The Morgan fingerprint density at radius 3 is 2.32 bits per heavy atom. The average Bonchev–Trinajstić information content (AvgIpc) is 3.43. The molecule has 0 aliphatic heterocycles. The van der Waals surface area contributed by atoms with E-state index in [1.54, 1.807) is 41.8 Å². The molecule has 4 rings (SSSR count). The number of anilines is 2. The summed E-state index contributed by atoms with van der Waals surface area (Å²) in [4.78, 5) is 48.0. The van der Waals surface area contributed by atoms with E-state index in [1.807, 2.05) is 5.43 Å². The van der Waals surface area contributed by atoms with Crippen molar-refractivity contribution in [1.82, 2.24) is 20.6 Å². The Balaban J connectivity index is 1.39. The van der Waals surface area contributed by atoms with Crippen LogP contribution >= 0.6 is 0 Å². The molecular weight excluding hydrogens is 542 g/mol. The zero-order valence-electron chi connectivity index (χ0n) is 21.2. The van der Waals surface area contributed by atoms with Gasteiger partial charge in [-0.3, -0.25) is 30.6 Å². The van der Waals surface area contributed by atoms with Gasteiger partial charge in [-0.1, -0.05) is 30.3 Å². The van der Waals surface area contributed by atoms with Crippen molar-refractivity contribution in [2.75, 3.05) is 17.7 Å². The van der Waals surface area contributed by atoms with Crippen LogP contribution in [0.1, 0.15) is 26.3 Å². The molecule has 0 aliphatic carbocycles. The molecule has 1 aromatic heterocycles. The number of nitrogens with one attached hydrogen (secondary N) is 4. The van der Waals surface area contributed by atoms with Gasteiger partial charge in [0.2, 0.25) is 0 Å². The second kappa shape index (κ2) is 11.9. The quantitative estimate of drug-likeness (QED) is 0.203. The number of hydrogen-bond acceptors (Lipinski definition) is 6. The van der Waals surface area contributed by atoms with E-state index >= 15 is 0 Å². The van der Waals surface area contributed by atoms with E-state index in [2.05, 4.69) is 15.7 Å². The number of benzene rings is 3. The Bertz CT molecular complexity index is 1610. The van der Waals surface area contributed by atoms with Gasteiger partial charge in [-0.15, -0.1) is 0 Å². The van der Waals surface area contributed by atoms with E-state index in [0.29, 0.717) is 11.4 Å². The molecule has 0 saturated carbocycles. The Morgan fingerprint density at radius 1 is 0.878 bits per heavy atom. The van der Waals surface area contributed by atoms with Crippen LogP contribution in [-0.2, 0) is 10.7 Å². The van der Waals surface area contributed by atoms with Crippen molar-refractivity contribution in [1.29, 1.82) is 0 Å². The Morgan fingerprint density at radius 2 is 1.61 bits per heavy atom. The molecule has 0 fully saturated rings. The van der Waals surface area contributed by atoms with Crippen molar-refractivity contribution in [3.63, 3.8) is 0 Å². The lowest BCUT2D eigenvalue weighted by atomic mass is 10.1. The zero-order chi connectivity index (χ0) is 29.6. The lowest BCUT2D eigenvalue weighted by Crippen LogP contribution is -2.48. The molecule has 0 spiro atoms. The lowest BCUT2D eigenvalue weighted by molar-refractivity contribution is -0.147. The highest BCUT2D eigenvalue weighted by Gasteiger charge is 2.41. The molecule has 1 heterocycles. The fraction of sp³-hybridized carbons (Fsp3) is 0.0741. The van der Waals surface area contributed by atoms with Gasteiger partial charge in [-0.2, -0.15) is 13.9 Å². The minimum Gasteiger partial charge on any atom is -0.496 e. The molecule has 0 aliphatic rings. The fourth-order valence-electron chi connectivity index (χ4n) is 3.64. The third kappa shape index (κ3) is 6.62. The number of alkyl halides is 2. The molecule has 12 nitrogen and oxygen atoms in total. The summed E-state index contributed by atoms with van der Waals surface area (Å²) in [5.41, 5.74) is 4.12. The van der Waals surface area contributed by atoms with Gasteiger partial charge in [-0.05, 0) is 42.5 Å². The van der Waals surface area contributed by atoms with Crippen LogP contribution in [0.3, 0.4) is 0 Å². The third-order valence-corrected chi connectivity index (χ3v) is 5.64. The van der Waals surface area contributed by atoms with Crippen molar-refractivity contribution in [2.24, 2.45) is 0 Å². The largest absolute Gasteiger partial charge is 0.496 e. The van der Waals surface area contributed by atoms with E-state index in [1.165, 1.54) is 36.3 Å². The van der Waals surface area contributed by atoms with Gasteiger partial charge in [0.05, 0.1) is 36.4 Å². The molecule has 5 N–H and O–H groups in total. The van der Waals surface area contributed by atoms with Crippen molar-refractivity contribution in [2.45, 2.75) is 5.92 Å². The number of carbonyl (C=O) groups excluding carboxylic acids is 3. The van der Waals surface area contributed by atoms with Crippen molar-refractivity contribution in [3.05, 3.63) is 102 Å². The highest BCUT2D eigenvalue weighted by atomic mass is 19.3. The monoisotopic (exact) mass is 564 g/mol. The molecule has 0 radical (unpaired) electrons. The number of hydrazine groups is 1. The molecule has 0 saturated heterocycles. The maximum absolute atomic E-state index is 14.8. The van der Waals surface area contributed by atoms with Gasteiger partial charge >= 0.3 is 17.9 Å². The van der Waals surface area contributed by atoms with Crippen LogP contribution in [0.15, 0.2) is 85.2 Å². The van der Waals surface area contributed by atoms with Gasteiger partial charge < -0.3 is 15.2 Å². The van der Waals surface area contributed by atoms with E-state index < -0.39 is 35.3 Å². The van der Waals surface area contributed by atoms with Crippen LogP contribution in [0.5, 0.6) is 5.75 Å². The van der Waals surface area contributed by atoms with Gasteiger partial charge in [0, 0.05) is 16.8 Å². The second-order valence-corrected chi connectivity index (χ2v) is 8.37. The zero-order valence-corrected chi connectivity index (χ0v) is 21.2. The van der Waals surface area contributed by atoms with Gasteiger partial charge in [-0.25, -0.2) is 9.48 Å². The predicted octanol–water partition coefficient (Wildman–Crippen LogP) is 3.78. The van der Waals surface area contributed by atoms with Gasteiger partial charge in [0.25, 0.3) is 11.8 Å². The van der Waals surface area contributed by atoms with Crippen LogP contribution in [0.2, 0.25) is 0 Å². The molecule has 3 aromatic carbocycles. The number of aromatic nitrogens is 2. The maximum Gasteiger partial charge on any atom is 0.409 e. The van der Waals surface area contributed by atoms with Gasteiger partial charge in [0.15, 0.2) is 0 Å².